The average Bonchev–Trinajstić information content (AvgIpc) is 3.04. The molecule has 1 aliphatic heterocycles. The molecule has 7 heteroatoms. The van der Waals surface area contributed by atoms with Crippen LogP contribution >= 0.6 is 11.6 Å². The van der Waals surface area contributed by atoms with Crippen LogP contribution in [0, 0.1) is 6.92 Å². The van der Waals surface area contributed by atoms with Gasteiger partial charge >= 0.3 is 0 Å². The van der Waals surface area contributed by atoms with Crippen LogP contribution in [0.25, 0.3) is 0 Å². The van der Waals surface area contributed by atoms with Crippen LogP contribution in [0.2, 0.25) is 5.02 Å². The molecule has 0 spiro atoms. The third-order valence-electron chi connectivity index (χ3n) is 5.22. The molecule has 2 N–H and O–H groups in total. The molecule has 28 heavy (non-hydrogen) atoms. The minimum atomic E-state index is -0.617. The van der Waals surface area contributed by atoms with Gasteiger partial charge in [-0.3, -0.25) is 10.00 Å². The van der Waals surface area contributed by atoms with Gasteiger partial charge in [0.05, 0.1) is 6.61 Å². The Morgan fingerprint density at radius 2 is 2.11 bits per heavy atom. The van der Waals surface area contributed by atoms with Crippen LogP contribution in [0.5, 0.6) is 5.75 Å². The zero-order valence-electron chi connectivity index (χ0n) is 17.3. The number of halogens is 1. The first kappa shape index (κ1) is 21.1. The molecule has 2 heterocycles. The predicted molar refractivity (Wildman–Crippen MR) is 110 cm³/mol. The Hall–Kier alpha value is -1.60. The van der Waals surface area contributed by atoms with E-state index in [1.54, 1.807) is 7.11 Å². The van der Waals surface area contributed by atoms with E-state index in [1.807, 2.05) is 24.0 Å². The maximum atomic E-state index is 10.2. The van der Waals surface area contributed by atoms with Gasteiger partial charge in [-0.2, -0.15) is 5.10 Å². The fourth-order valence-electron chi connectivity index (χ4n) is 3.51. The van der Waals surface area contributed by atoms with Gasteiger partial charge in [-0.05, 0) is 30.0 Å². The minimum absolute atomic E-state index is 0.0846. The third kappa shape index (κ3) is 4.51. The van der Waals surface area contributed by atoms with E-state index in [9.17, 15) is 5.11 Å². The molecule has 0 radical (unpaired) electrons. The monoisotopic (exact) mass is 407 g/mol. The molecule has 1 unspecified atom stereocenters. The molecule has 2 aromatic rings. The van der Waals surface area contributed by atoms with E-state index >= 15 is 0 Å². The van der Waals surface area contributed by atoms with Gasteiger partial charge in [-0.1, -0.05) is 32.4 Å². The lowest BCUT2D eigenvalue weighted by atomic mass is 9.86. The predicted octanol–water partition coefficient (Wildman–Crippen LogP) is 3.57. The van der Waals surface area contributed by atoms with Crippen molar-refractivity contribution in [1.29, 1.82) is 0 Å². The molecular weight excluding hydrogens is 378 g/mol. The number of rotatable bonds is 6. The summed E-state index contributed by atoms with van der Waals surface area (Å²) in [6.45, 7) is 10.5. The standard InChI is InChI=1S/C21H30ClN3O3/c1-13-8-19(15(9-16(13)22)21(2,3)4)28-11-18-14-10-25(20(26)12-27-5)7-6-17(14)23-24-18/h8-9,20,26H,6-7,10-12H2,1-5H3,(H,23,24). The molecule has 0 saturated heterocycles. The van der Waals surface area contributed by atoms with E-state index in [0.29, 0.717) is 13.2 Å². The summed E-state index contributed by atoms with van der Waals surface area (Å²) < 4.78 is 11.3. The summed E-state index contributed by atoms with van der Waals surface area (Å²) in [4.78, 5) is 2.00. The lowest BCUT2D eigenvalue weighted by Crippen LogP contribution is -2.41. The summed E-state index contributed by atoms with van der Waals surface area (Å²) in [5.41, 5.74) is 5.06. The smallest absolute Gasteiger partial charge is 0.132 e. The van der Waals surface area contributed by atoms with Crippen molar-refractivity contribution in [3.8, 4) is 5.75 Å². The fraction of sp³-hybridized carbons (Fsp3) is 0.571. The Bertz CT molecular complexity index is 829. The molecule has 0 bridgehead atoms. The summed E-state index contributed by atoms with van der Waals surface area (Å²) in [6.07, 6.45) is 0.198. The summed E-state index contributed by atoms with van der Waals surface area (Å²) in [7, 11) is 1.59. The topological polar surface area (TPSA) is 70.6 Å². The number of methoxy groups -OCH3 is 1. The van der Waals surface area contributed by atoms with Crippen LogP contribution in [-0.2, 0) is 29.7 Å². The van der Waals surface area contributed by atoms with Gasteiger partial charge in [0, 0.05) is 48.5 Å². The molecule has 1 aliphatic rings. The second-order valence-corrected chi connectivity index (χ2v) is 8.83. The van der Waals surface area contributed by atoms with E-state index < -0.39 is 6.23 Å². The highest BCUT2D eigenvalue weighted by molar-refractivity contribution is 6.31. The van der Waals surface area contributed by atoms with E-state index in [0.717, 1.165) is 51.8 Å². The van der Waals surface area contributed by atoms with Crippen molar-refractivity contribution in [3.05, 3.63) is 45.2 Å². The van der Waals surface area contributed by atoms with Gasteiger partial charge in [0.2, 0.25) is 0 Å². The summed E-state index contributed by atoms with van der Waals surface area (Å²) in [6, 6.07) is 3.99. The Kier molecular flexibility index (Phi) is 6.34. The molecule has 6 nitrogen and oxygen atoms in total. The average molecular weight is 408 g/mol. The highest BCUT2D eigenvalue weighted by Gasteiger charge is 2.27. The Morgan fingerprint density at radius 1 is 1.36 bits per heavy atom. The highest BCUT2D eigenvalue weighted by atomic mass is 35.5. The van der Waals surface area contributed by atoms with E-state index in [2.05, 4.69) is 31.0 Å². The second-order valence-electron chi connectivity index (χ2n) is 8.42. The first-order valence-corrected chi connectivity index (χ1v) is 9.98. The molecule has 3 rings (SSSR count). The van der Waals surface area contributed by atoms with Crippen LogP contribution in [0.15, 0.2) is 12.1 Å². The number of aliphatic hydroxyl groups excluding tert-OH is 1. The molecule has 0 amide bonds. The van der Waals surface area contributed by atoms with Gasteiger partial charge in [-0.25, -0.2) is 0 Å². The first-order chi connectivity index (χ1) is 13.2. The highest BCUT2D eigenvalue weighted by Crippen LogP contribution is 2.36. The third-order valence-corrected chi connectivity index (χ3v) is 5.63. The largest absolute Gasteiger partial charge is 0.487 e. The van der Waals surface area contributed by atoms with Crippen LogP contribution in [0.3, 0.4) is 0 Å². The zero-order chi connectivity index (χ0) is 20.5. The van der Waals surface area contributed by atoms with Crippen molar-refractivity contribution in [2.24, 2.45) is 0 Å². The number of fused-ring (bicyclic) bond motifs is 1. The quantitative estimate of drug-likeness (QED) is 0.766. The summed E-state index contributed by atoms with van der Waals surface area (Å²) >= 11 is 6.35. The summed E-state index contributed by atoms with van der Waals surface area (Å²) in [5.74, 6) is 0.832. The number of aromatic nitrogens is 2. The van der Waals surface area contributed by atoms with Crippen LogP contribution in [-0.4, -0.2) is 46.7 Å². The zero-order valence-corrected chi connectivity index (χ0v) is 18.1. The number of nitrogens with one attached hydrogen (secondary N) is 1. The minimum Gasteiger partial charge on any atom is -0.487 e. The van der Waals surface area contributed by atoms with Crippen molar-refractivity contribution in [2.45, 2.75) is 58.9 Å². The van der Waals surface area contributed by atoms with E-state index in [-0.39, 0.29) is 12.0 Å². The van der Waals surface area contributed by atoms with Crippen molar-refractivity contribution in [3.63, 3.8) is 0 Å². The van der Waals surface area contributed by atoms with Crippen LogP contribution < -0.4 is 4.74 Å². The molecule has 0 saturated carbocycles. The lowest BCUT2D eigenvalue weighted by Gasteiger charge is -2.31. The molecule has 0 fully saturated rings. The molecular formula is C21H30ClN3O3. The molecule has 1 aromatic carbocycles. The Balaban J connectivity index is 1.79. The van der Waals surface area contributed by atoms with Gasteiger partial charge in [-0.15, -0.1) is 0 Å². The molecule has 1 atom stereocenters. The fourth-order valence-corrected chi connectivity index (χ4v) is 3.67. The van der Waals surface area contributed by atoms with Crippen molar-refractivity contribution < 1.29 is 14.6 Å². The number of aromatic amines is 1. The number of ether oxygens (including phenoxy) is 2. The normalized spacial score (nSPS) is 16.1. The van der Waals surface area contributed by atoms with Gasteiger partial charge in [0.25, 0.3) is 0 Å². The number of H-pyrrole nitrogens is 1. The van der Waals surface area contributed by atoms with Gasteiger partial charge < -0.3 is 14.6 Å². The number of benzene rings is 1. The number of hydrogen-bond donors (Lipinski definition) is 2. The molecule has 1 aromatic heterocycles. The maximum Gasteiger partial charge on any atom is 0.132 e. The molecule has 154 valence electrons. The lowest BCUT2D eigenvalue weighted by molar-refractivity contribution is -0.0539. The van der Waals surface area contributed by atoms with Crippen molar-refractivity contribution in [2.75, 3.05) is 20.3 Å². The first-order valence-electron chi connectivity index (χ1n) is 9.60. The van der Waals surface area contributed by atoms with Crippen LogP contribution in [0.4, 0.5) is 0 Å². The SMILES string of the molecule is COCC(O)N1CCc2[nH]nc(COc3cc(C)c(Cl)cc3C(C)(C)C)c2C1. The van der Waals surface area contributed by atoms with Crippen molar-refractivity contribution >= 4 is 11.6 Å². The Labute approximate surface area is 171 Å². The maximum absolute atomic E-state index is 10.2. The molecule has 0 aliphatic carbocycles. The number of nitrogens with zero attached hydrogens (tertiary/aromatic N) is 2. The van der Waals surface area contributed by atoms with E-state index in [1.165, 1.54) is 0 Å². The van der Waals surface area contributed by atoms with E-state index in [4.69, 9.17) is 21.1 Å². The van der Waals surface area contributed by atoms with Gasteiger partial charge in [0.15, 0.2) is 0 Å². The van der Waals surface area contributed by atoms with Crippen molar-refractivity contribution in [1.82, 2.24) is 15.1 Å². The Morgan fingerprint density at radius 3 is 2.79 bits per heavy atom. The number of hydrogen-bond acceptors (Lipinski definition) is 5. The summed E-state index contributed by atoms with van der Waals surface area (Å²) in [5, 5.41) is 18.6. The van der Waals surface area contributed by atoms with Gasteiger partial charge in [0.1, 0.15) is 24.3 Å². The second kappa shape index (κ2) is 8.41. The number of aryl methyl sites for hydroxylation is 1. The van der Waals surface area contributed by atoms with Crippen LogP contribution in [0.1, 0.15) is 48.8 Å². The number of aliphatic hydroxyl groups is 1.